The van der Waals surface area contributed by atoms with E-state index >= 15 is 0 Å². The molecule has 0 saturated carbocycles. The van der Waals surface area contributed by atoms with Crippen LogP contribution in [0.15, 0.2) is 0 Å². The molecule has 0 aromatic carbocycles. The van der Waals surface area contributed by atoms with Crippen LogP contribution in [0.3, 0.4) is 0 Å². The number of esters is 2. The number of ether oxygens (including phenoxy) is 10. The molecule has 0 N–H and O–H groups in total. The zero-order valence-electron chi connectivity index (χ0n) is 30.5. The molecule has 0 radical (unpaired) electrons. The third kappa shape index (κ3) is 40.8. The molecule has 0 saturated heterocycles. The van der Waals surface area contributed by atoms with Crippen LogP contribution in [0.4, 0.5) is 0 Å². The molecule has 0 bridgehead atoms. The van der Waals surface area contributed by atoms with Gasteiger partial charge in [-0.2, -0.15) is 0 Å². The van der Waals surface area contributed by atoms with Gasteiger partial charge in [0.15, 0.2) is 0 Å². The lowest BCUT2D eigenvalue weighted by molar-refractivity contribution is -0.146. The summed E-state index contributed by atoms with van der Waals surface area (Å²) in [6, 6.07) is 0. The Balaban J connectivity index is 3.14. The van der Waals surface area contributed by atoms with Gasteiger partial charge in [-0.25, -0.2) is 0 Å². The molecule has 0 aromatic rings. The van der Waals surface area contributed by atoms with Crippen molar-refractivity contribution in [2.45, 2.75) is 104 Å². The summed E-state index contributed by atoms with van der Waals surface area (Å²) in [5.74, 6) is -0.291. The quantitative estimate of drug-likeness (QED) is 0.0575. The Labute approximate surface area is 291 Å². The maximum atomic E-state index is 11.7. The standard InChI is InChI=1S/C36H70O12/c1-3-5-7-9-10-12-14-16-36(38)48-34-32-46-30-28-44-26-24-42-22-20-40-18-17-39-19-21-41-23-25-43-27-29-45-31-33-47-35(37)15-13-11-8-6-4-2/h3-34H2,1-2H3. The second kappa shape index (κ2) is 41.8. The number of hydrogen-bond acceptors (Lipinski definition) is 12. The Bertz CT molecular complexity index is 652. The molecule has 0 aliphatic rings. The van der Waals surface area contributed by atoms with Gasteiger partial charge in [-0.15, -0.1) is 0 Å². The van der Waals surface area contributed by atoms with Crippen LogP contribution in [0.5, 0.6) is 0 Å². The largest absolute Gasteiger partial charge is 0.463 e. The fourth-order valence-corrected chi connectivity index (χ4v) is 4.31. The Hall–Kier alpha value is -1.38. The molecule has 12 nitrogen and oxygen atoms in total. The predicted octanol–water partition coefficient (Wildman–Crippen LogP) is 5.71. The maximum Gasteiger partial charge on any atom is 0.305 e. The number of hydrogen-bond donors (Lipinski definition) is 0. The summed E-state index contributed by atoms with van der Waals surface area (Å²) < 4.78 is 54.0. The minimum Gasteiger partial charge on any atom is -0.463 e. The summed E-state index contributed by atoms with van der Waals surface area (Å²) in [7, 11) is 0. The van der Waals surface area contributed by atoms with Gasteiger partial charge in [-0.1, -0.05) is 78.1 Å². The smallest absolute Gasteiger partial charge is 0.305 e. The average Bonchev–Trinajstić information content (AvgIpc) is 3.09. The maximum absolute atomic E-state index is 11.7. The van der Waals surface area contributed by atoms with Crippen LogP contribution < -0.4 is 0 Å². The van der Waals surface area contributed by atoms with Crippen LogP contribution in [0.2, 0.25) is 0 Å². The molecule has 48 heavy (non-hydrogen) atoms. The van der Waals surface area contributed by atoms with E-state index in [0.717, 1.165) is 25.7 Å². The summed E-state index contributed by atoms with van der Waals surface area (Å²) in [5.41, 5.74) is 0. The first-order valence-corrected chi connectivity index (χ1v) is 18.6. The van der Waals surface area contributed by atoms with Crippen LogP contribution in [-0.4, -0.2) is 131 Å². The summed E-state index contributed by atoms with van der Waals surface area (Å²) >= 11 is 0. The second-order valence-electron chi connectivity index (χ2n) is 11.4. The monoisotopic (exact) mass is 694 g/mol. The van der Waals surface area contributed by atoms with Gasteiger partial charge < -0.3 is 47.4 Å². The van der Waals surface area contributed by atoms with Crippen molar-refractivity contribution in [2.24, 2.45) is 0 Å². The highest BCUT2D eigenvalue weighted by molar-refractivity contribution is 5.69. The number of rotatable bonds is 41. The minimum absolute atomic E-state index is 0.142. The third-order valence-electron chi connectivity index (χ3n) is 7.05. The molecule has 0 heterocycles. The molecule has 0 aliphatic heterocycles. The zero-order chi connectivity index (χ0) is 34.9. The molecule has 0 amide bonds. The highest BCUT2D eigenvalue weighted by atomic mass is 16.6. The van der Waals surface area contributed by atoms with E-state index in [1.54, 1.807) is 0 Å². The number of carbonyl (C=O) groups is 2. The summed E-state index contributed by atoms with van der Waals surface area (Å²) in [4.78, 5) is 23.3. The molecule has 0 aliphatic carbocycles. The molecule has 0 aromatic heterocycles. The van der Waals surface area contributed by atoms with Gasteiger partial charge in [-0.05, 0) is 12.8 Å². The number of unbranched alkanes of at least 4 members (excludes halogenated alkanes) is 10. The van der Waals surface area contributed by atoms with Crippen molar-refractivity contribution in [3.05, 3.63) is 0 Å². The van der Waals surface area contributed by atoms with Gasteiger partial charge in [0.1, 0.15) is 13.2 Å². The van der Waals surface area contributed by atoms with Crippen LogP contribution >= 0.6 is 0 Å². The van der Waals surface area contributed by atoms with E-state index in [1.807, 2.05) is 0 Å². The first kappa shape index (κ1) is 46.6. The van der Waals surface area contributed by atoms with E-state index < -0.39 is 0 Å². The van der Waals surface area contributed by atoms with Crippen LogP contribution in [0.25, 0.3) is 0 Å². The van der Waals surface area contributed by atoms with Crippen molar-refractivity contribution >= 4 is 11.9 Å². The van der Waals surface area contributed by atoms with Gasteiger partial charge >= 0.3 is 11.9 Å². The SMILES string of the molecule is CCCCCCCCCC(=O)OCCOCCOCCOCCOCCOCCOCCOCCOCCOC(=O)CCCCCCC. The second-order valence-corrected chi connectivity index (χ2v) is 11.4. The van der Waals surface area contributed by atoms with Crippen molar-refractivity contribution in [3.8, 4) is 0 Å². The molecule has 12 heteroatoms. The van der Waals surface area contributed by atoms with Crippen molar-refractivity contribution in [2.75, 3.05) is 119 Å². The molecule has 0 unspecified atom stereocenters. The van der Waals surface area contributed by atoms with E-state index in [9.17, 15) is 9.59 Å². The summed E-state index contributed by atoms with van der Waals surface area (Å²) in [5, 5.41) is 0. The molecule has 286 valence electrons. The van der Waals surface area contributed by atoms with Gasteiger partial charge in [0.2, 0.25) is 0 Å². The fourth-order valence-electron chi connectivity index (χ4n) is 4.31. The van der Waals surface area contributed by atoms with Crippen LogP contribution in [-0.2, 0) is 57.0 Å². The van der Waals surface area contributed by atoms with E-state index in [2.05, 4.69) is 13.8 Å². The molecular formula is C36H70O12. The number of carbonyl (C=O) groups excluding carboxylic acids is 2. The summed E-state index contributed by atoms with van der Waals surface area (Å²) in [6.45, 7) is 12.4. The lowest BCUT2D eigenvalue weighted by Crippen LogP contribution is -2.15. The predicted molar refractivity (Wildman–Crippen MR) is 184 cm³/mol. The van der Waals surface area contributed by atoms with Crippen molar-refractivity contribution in [1.82, 2.24) is 0 Å². The van der Waals surface area contributed by atoms with Gasteiger partial charge in [0.25, 0.3) is 0 Å². The van der Waals surface area contributed by atoms with Gasteiger partial charge in [0.05, 0.1) is 106 Å². The molecule has 0 rings (SSSR count). The van der Waals surface area contributed by atoms with Crippen molar-refractivity contribution < 1.29 is 57.0 Å². The zero-order valence-corrected chi connectivity index (χ0v) is 30.5. The van der Waals surface area contributed by atoms with Crippen LogP contribution in [0, 0.1) is 0 Å². The molecule has 0 atom stereocenters. The first-order valence-electron chi connectivity index (χ1n) is 18.6. The summed E-state index contributed by atoms with van der Waals surface area (Å²) in [6.07, 6.45) is 14.9. The van der Waals surface area contributed by atoms with E-state index in [-0.39, 0.29) is 25.2 Å². The lowest BCUT2D eigenvalue weighted by atomic mass is 10.1. The topological polar surface area (TPSA) is 126 Å². The molecule has 0 fully saturated rings. The Morgan fingerprint density at radius 1 is 0.292 bits per heavy atom. The van der Waals surface area contributed by atoms with Crippen molar-refractivity contribution in [1.29, 1.82) is 0 Å². The average molecular weight is 695 g/mol. The van der Waals surface area contributed by atoms with Crippen LogP contribution in [0.1, 0.15) is 104 Å². The Morgan fingerprint density at radius 2 is 0.500 bits per heavy atom. The van der Waals surface area contributed by atoms with E-state index in [1.165, 1.54) is 51.4 Å². The lowest BCUT2D eigenvalue weighted by Gasteiger charge is -2.09. The van der Waals surface area contributed by atoms with Crippen molar-refractivity contribution in [3.63, 3.8) is 0 Å². The highest BCUT2D eigenvalue weighted by Gasteiger charge is 2.04. The van der Waals surface area contributed by atoms with E-state index in [4.69, 9.17) is 47.4 Å². The Kier molecular flexibility index (Phi) is 40.6. The van der Waals surface area contributed by atoms with E-state index in [0.29, 0.717) is 119 Å². The van der Waals surface area contributed by atoms with Gasteiger partial charge in [0, 0.05) is 12.8 Å². The first-order chi connectivity index (χ1) is 23.7. The molecule has 0 spiro atoms. The fraction of sp³-hybridized carbons (Fsp3) is 0.944. The molecular weight excluding hydrogens is 624 g/mol. The Morgan fingerprint density at radius 3 is 0.750 bits per heavy atom. The normalized spacial score (nSPS) is 11.3. The third-order valence-corrected chi connectivity index (χ3v) is 7.05. The highest BCUT2D eigenvalue weighted by Crippen LogP contribution is 2.09. The van der Waals surface area contributed by atoms with Gasteiger partial charge in [-0.3, -0.25) is 9.59 Å². The minimum atomic E-state index is -0.148.